The Balaban J connectivity index is 1.33. The average molecular weight is 418 g/mol. The fraction of sp³-hybridized carbons (Fsp3) is 0.292. The fourth-order valence-electron chi connectivity index (χ4n) is 3.95. The highest BCUT2D eigenvalue weighted by molar-refractivity contribution is 6.07. The molecule has 1 aliphatic heterocycles. The molecule has 160 valence electrons. The molecule has 2 amide bonds. The molecule has 3 aromatic rings. The van der Waals surface area contributed by atoms with Crippen LogP contribution in [0.4, 0.5) is 5.69 Å². The van der Waals surface area contributed by atoms with Crippen LogP contribution >= 0.6 is 0 Å². The van der Waals surface area contributed by atoms with Crippen molar-refractivity contribution >= 4 is 34.2 Å². The quantitative estimate of drug-likeness (QED) is 0.647. The van der Waals surface area contributed by atoms with Crippen LogP contribution in [0.15, 0.2) is 54.7 Å². The van der Waals surface area contributed by atoms with Crippen LogP contribution < -0.4 is 4.90 Å². The van der Waals surface area contributed by atoms with E-state index in [1.807, 2.05) is 48.5 Å². The van der Waals surface area contributed by atoms with E-state index >= 15 is 0 Å². The number of benzene rings is 2. The molecule has 1 N–H and O–H groups in total. The maximum Gasteiger partial charge on any atom is 0.256 e. The van der Waals surface area contributed by atoms with Gasteiger partial charge in [-0.15, -0.1) is 0 Å². The second-order valence-electron chi connectivity index (χ2n) is 7.88. The summed E-state index contributed by atoms with van der Waals surface area (Å²) in [6, 6.07) is 15.2. The molecule has 4 rings (SSSR count). The highest BCUT2D eigenvalue weighted by atomic mass is 16.2. The summed E-state index contributed by atoms with van der Waals surface area (Å²) < 4.78 is 0. The van der Waals surface area contributed by atoms with Crippen LogP contribution in [0.25, 0.3) is 10.9 Å². The van der Waals surface area contributed by atoms with Crippen molar-refractivity contribution in [2.24, 2.45) is 0 Å². The largest absolute Gasteiger partial charge is 0.368 e. The number of hydrogen-bond donors (Lipinski definition) is 1. The molecule has 0 unspecified atom stereocenters. The van der Waals surface area contributed by atoms with Gasteiger partial charge < -0.3 is 19.7 Å². The van der Waals surface area contributed by atoms with Crippen molar-refractivity contribution in [3.63, 3.8) is 0 Å². The lowest BCUT2D eigenvalue weighted by Crippen LogP contribution is -2.51. The molecule has 2 heterocycles. The number of carbonyl (C=O) groups is 3. The molecule has 1 fully saturated rings. The van der Waals surface area contributed by atoms with Crippen molar-refractivity contribution in [3.8, 4) is 0 Å². The number of fused-ring (bicyclic) bond motifs is 1. The summed E-state index contributed by atoms with van der Waals surface area (Å²) in [5.41, 5.74) is 3.21. The van der Waals surface area contributed by atoms with Gasteiger partial charge in [-0.1, -0.05) is 18.2 Å². The lowest BCUT2D eigenvalue weighted by molar-refractivity contribution is -0.131. The smallest absolute Gasteiger partial charge is 0.256 e. The molecule has 2 aromatic carbocycles. The first kappa shape index (κ1) is 20.7. The molecule has 1 aliphatic rings. The highest BCUT2D eigenvalue weighted by Crippen LogP contribution is 2.20. The van der Waals surface area contributed by atoms with Gasteiger partial charge in [-0.2, -0.15) is 0 Å². The lowest BCUT2D eigenvalue weighted by Gasteiger charge is -2.36. The molecule has 1 aromatic heterocycles. The van der Waals surface area contributed by atoms with E-state index < -0.39 is 0 Å². The Morgan fingerprint density at radius 1 is 0.968 bits per heavy atom. The topological polar surface area (TPSA) is 76.7 Å². The van der Waals surface area contributed by atoms with Gasteiger partial charge >= 0.3 is 0 Å². The Hall–Kier alpha value is -3.61. The van der Waals surface area contributed by atoms with Gasteiger partial charge in [0.2, 0.25) is 5.91 Å². The third kappa shape index (κ3) is 4.30. The summed E-state index contributed by atoms with van der Waals surface area (Å²) in [5, 5.41) is 0.858. The predicted molar refractivity (Wildman–Crippen MR) is 120 cm³/mol. The van der Waals surface area contributed by atoms with Crippen molar-refractivity contribution in [3.05, 3.63) is 65.9 Å². The summed E-state index contributed by atoms with van der Waals surface area (Å²) in [6.45, 7) is 4.23. The third-order valence-corrected chi connectivity index (χ3v) is 5.81. The molecule has 0 spiro atoms. The average Bonchev–Trinajstić information content (AvgIpc) is 3.23. The minimum atomic E-state index is -0.171. The summed E-state index contributed by atoms with van der Waals surface area (Å²) in [4.78, 5) is 45.7. The predicted octanol–water partition coefficient (Wildman–Crippen LogP) is 2.79. The Bertz CT molecular complexity index is 1110. The van der Waals surface area contributed by atoms with Crippen molar-refractivity contribution in [1.82, 2.24) is 14.8 Å². The summed E-state index contributed by atoms with van der Waals surface area (Å²) in [7, 11) is 1.66. The van der Waals surface area contributed by atoms with Crippen LogP contribution in [-0.4, -0.2) is 72.2 Å². The molecule has 31 heavy (non-hydrogen) atoms. The van der Waals surface area contributed by atoms with E-state index in [2.05, 4.69) is 9.88 Å². The summed E-state index contributed by atoms with van der Waals surface area (Å²) in [5.74, 6) is -0.175. The first-order valence-electron chi connectivity index (χ1n) is 10.4. The minimum absolute atomic E-state index is 0.0473. The monoisotopic (exact) mass is 418 g/mol. The van der Waals surface area contributed by atoms with Gasteiger partial charge in [0, 0.05) is 61.6 Å². The van der Waals surface area contributed by atoms with Gasteiger partial charge in [-0.3, -0.25) is 14.4 Å². The number of carbonyl (C=O) groups excluding carboxylic acids is 3. The number of aromatic nitrogens is 1. The van der Waals surface area contributed by atoms with Crippen LogP contribution in [0, 0.1) is 0 Å². The number of Topliss-reactive ketones (excluding diaryl/α,β-unsaturated/α-hetero) is 1. The molecule has 7 nitrogen and oxygen atoms in total. The summed E-state index contributed by atoms with van der Waals surface area (Å²) >= 11 is 0. The first-order chi connectivity index (χ1) is 14.9. The lowest BCUT2D eigenvalue weighted by atomic mass is 10.1. The standard InChI is InChI=1S/C24H26N4O3/c1-17(29)18-7-9-19(10-8-18)27-11-13-28(14-12-27)23(30)16-26(2)24(31)21-15-25-22-6-4-3-5-20(21)22/h3-10,15,25H,11-14,16H2,1-2H3. The van der Waals surface area contributed by atoms with E-state index in [1.54, 1.807) is 25.1 Å². The normalized spacial score (nSPS) is 14.0. The van der Waals surface area contributed by atoms with Crippen LogP contribution in [0.1, 0.15) is 27.6 Å². The van der Waals surface area contributed by atoms with Crippen molar-refractivity contribution < 1.29 is 14.4 Å². The number of ketones is 1. The van der Waals surface area contributed by atoms with E-state index in [1.165, 1.54) is 4.90 Å². The van der Waals surface area contributed by atoms with Gasteiger partial charge in [-0.05, 0) is 37.3 Å². The van der Waals surface area contributed by atoms with E-state index in [4.69, 9.17) is 0 Å². The second kappa shape index (κ2) is 8.63. The Labute approximate surface area is 181 Å². The van der Waals surface area contributed by atoms with Gasteiger partial charge in [-0.25, -0.2) is 0 Å². The van der Waals surface area contributed by atoms with Gasteiger partial charge in [0.15, 0.2) is 5.78 Å². The molecular weight excluding hydrogens is 392 g/mol. The number of para-hydroxylation sites is 1. The minimum Gasteiger partial charge on any atom is -0.368 e. The van der Waals surface area contributed by atoms with E-state index in [0.29, 0.717) is 37.3 Å². The number of nitrogens with one attached hydrogen (secondary N) is 1. The van der Waals surface area contributed by atoms with Gasteiger partial charge in [0.25, 0.3) is 5.91 Å². The zero-order chi connectivity index (χ0) is 22.0. The first-order valence-corrected chi connectivity index (χ1v) is 10.4. The third-order valence-electron chi connectivity index (χ3n) is 5.81. The van der Waals surface area contributed by atoms with Crippen LogP contribution in [0.2, 0.25) is 0 Å². The number of nitrogens with zero attached hydrogens (tertiary/aromatic N) is 3. The number of aromatic amines is 1. The molecule has 0 radical (unpaired) electrons. The number of likely N-dealkylation sites (N-methyl/N-ethyl adjacent to an activating group) is 1. The molecule has 0 bridgehead atoms. The zero-order valence-corrected chi connectivity index (χ0v) is 17.8. The number of rotatable bonds is 5. The maximum absolute atomic E-state index is 12.9. The number of anilines is 1. The number of piperazine rings is 1. The molecule has 0 atom stereocenters. The van der Waals surface area contributed by atoms with Gasteiger partial charge in [0.05, 0.1) is 12.1 Å². The highest BCUT2D eigenvalue weighted by Gasteiger charge is 2.24. The van der Waals surface area contributed by atoms with Crippen molar-refractivity contribution in [2.75, 3.05) is 44.7 Å². The fourth-order valence-corrected chi connectivity index (χ4v) is 3.95. The van der Waals surface area contributed by atoms with E-state index in [9.17, 15) is 14.4 Å². The second-order valence-corrected chi connectivity index (χ2v) is 7.88. The van der Waals surface area contributed by atoms with E-state index in [0.717, 1.165) is 16.6 Å². The molecule has 0 aliphatic carbocycles. The van der Waals surface area contributed by atoms with Crippen molar-refractivity contribution in [1.29, 1.82) is 0 Å². The summed E-state index contributed by atoms with van der Waals surface area (Å²) in [6.07, 6.45) is 1.70. The van der Waals surface area contributed by atoms with Crippen LogP contribution in [0.3, 0.4) is 0 Å². The molecular formula is C24H26N4O3. The Morgan fingerprint density at radius 2 is 1.65 bits per heavy atom. The van der Waals surface area contributed by atoms with Crippen LogP contribution in [0.5, 0.6) is 0 Å². The van der Waals surface area contributed by atoms with Crippen LogP contribution in [-0.2, 0) is 4.79 Å². The number of hydrogen-bond acceptors (Lipinski definition) is 4. The van der Waals surface area contributed by atoms with E-state index in [-0.39, 0.29) is 24.1 Å². The Morgan fingerprint density at radius 3 is 2.32 bits per heavy atom. The maximum atomic E-state index is 12.9. The SMILES string of the molecule is CC(=O)c1ccc(N2CCN(C(=O)CN(C)C(=O)c3c[nH]c4ccccc34)CC2)cc1. The number of H-pyrrole nitrogens is 1. The molecule has 7 heteroatoms. The zero-order valence-electron chi connectivity index (χ0n) is 17.8. The Kier molecular flexibility index (Phi) is 5.75. The molecule has 0 saturated carbocycles. The number of amides is 2. The van der Waals surface area contributed by atoms with Crippen molar-refractivity contribution in [2.45, 2.75) is 6.92 Å². The van der Waals surface area contributed by atoms with Gasteiger partial charge in [0.1, 0.15) is 0 Å². The molecule has 1 saturated heterocycles.